The van der Waals surface area contributed by atoms with Crippen molar-refractivity contribution in [3.63, 3.8) is 0 Å². The van der Waals surface area contributed by atoms with Gasteiger partial charge >= 0.3 is 6.03 Å². The number of benzene rings is 2. The van der Waals surface area contributed by atoms with Crippen molar-refractivity contribution in [3.05, 3.63) is 59.4 Å². The Balaban J connectivity index is 1.85. The Hall–Kier alpha value is -2.89. The van der Waals surface area contributed by atoms with E-state index in [4.69, 9.17) is 0 Å². The van der Waals surface area contributed by atoms with Crippen LogP contribution in [0.15, 0.2) is 42.5 Å². The van der Waals surface area contributed by atoms with Crippen molar-refractivity contribution >= 4 is 23.3 Å². The standard InChI is InChI=1S/C17H18FN3O2/c1-11-5-3-6-12(2)16(11)21-17(23)19-10-15(22)20-14-8-4-7-13(18)9-14/h3-9H,10H2,1-2H3,(H,20,22)(H2,19,21,23). The maximum Gasteiger partial charge on any atom is 0.319 e. The van der Waals surface area contributed by atoms with E-state index in [9.17, 15) is 14.0 Å². The SMILES string of the molecule is Cc1cccc(C)c1NC(=O)NCC(=O)Nc1cccc(F)c1. The Morgan fingerprint density at radius 1 is 1.00 bits per heavy atom. The Morgan fingerprint density at radius 2 is 1.65 bits per heavy atom. The molecule has 3 amide bonds. The number of nitrogens with one attached hydrogen (secondary N) is 3. The van der Waals surface area contributed by atoms with Crippen LogP contribution >= 0.6 is 0 Å². The van der Waals surface area contributed by atoms with Gasteiger partial charge in [0, 0.05) is 11.4 Å². The first-order chi connectivity index (χ1) is 11.0. The van der Waals surface area contributed by atoms with Crippen LogP contribution in [0.4, 0.5) is 20.6 Å². The third-order valence-electron chi connectivity index (χ3n) is 3.24. The number of halogens is 1. The zero-order valence-corrected chi connectivity index (χ0v) is 12.9. The minimum atomic E-state index is -0.475. The van der Waals surface area contributed by atoms with Gasteiger partial charge in [-0.2, -0.15) is 0 Å². The summed E-state index contributed by atoms with van der Waals surface area (Å²) in [6, 6.07) is 10.8. The molecule has 0 unspecified atom stereocenters. The summed E-state index contributed by atoms with van der Waals surface area (Å²) < 4.78 is 13.0. The number of hydrogen-bond acceptors (Lipinski definition) is 2. The summed E-state index contributed by atoms with van der Waals surface area (Å²) in [5, 5.41) is 7.68. The number of rotatable bonds is 4. The Bertz CT molecular complexity index is 711. The molecule has 2 rings (SSSR count). The summed E-state index contributed by atoms with van der Waals surface area (Å²) >= 11 is 0. The number of anilines is 2. The number of amides is 3. The molecule has 0 aliphatic heterocycles. The second kappa shape index (κ2) is 7.40. The van der Waals surface area contributed by atoms with Crippen LogP contribution in [0.2, 0.25) is 0 Å². The van der Waals surface area contributed by atoms with E-state index < -0.39 is 17.8 Å². The quantitative estimate of drug-likeness (QED) is 0.811. The molecule has 0 atom stereocenters. The van der Waals surface area contributed by atoms with Crippen molar-refractivity contribution in [1.29, 1.82) is 0 Å². The van der Waals surface area contributed by atoms with Crippen LogP contribution in [0.3, 0.4) is 0 Å². The third-order valence-corrected chi connectivity index (χ3v) is 3.24. The van der Waals surface area contributed by atoms with Gasteiger partial charge in [-0.3, -0.25) is 4.79 Å². The summed E-state index contributed by atoms with van der Waals surface area (Å²) in [7, 11) is 0. The number of hydrogen-bond donors (Lipinski definition) is 3. The number of carbonyl (C=O) groups is 2. The number of carbonyl (C=O) groups excluding carboxylic acids is 2. The van der Waals surface area contributed by atoms with Crippen molar-refractivity contribution in [2.45, 2.75) is 13.8 Å². The van der Waals surface area contributed by atoms with Gasteiger partial charge in [0.15, 0.2) is 0 Å². The zero-order valence-electron chi connectivity index (χ0n) is 12.9. The molecule has 0 aliphatic carbocycles. The number of aryl methyl sites for hydroxylation is 2. The molecule has 0 aliphatic rings. The van der Waals surface area contributed by atoms with Crippen LogP contribution in [-0.2, 0) is 4.79 Å². The highest BCUT2D eigenvalue weighted by molar-refractivity contribution is 5.97. The monoisotopic (exact) mass is 315 g/mol. The van der Waals surface area contributed by atoms with Crippen molar-refractivity contribution in [3.8, 4) is 0 Å². The van der Waals surface area contributed by atoms with Crippen LogP contribution in [-0.4, -0.2) is 18.5 Å². The van der Waals surface area contributed by atoms with Gasteiger partial charge in [0.05, 0.1) is 6.54 Å². The van der Waals surface area contributed by atoms with E-state index in [0.29, 0.717) is 5.69 Å². The average Bonchev–Trinajstić information content (AvgIpc) is 2.49. The molecule has 0 heterocycles. The van der Waals surface area contributed by atoms with Crippen molar-refractivity contribution < 1.29 is 14.0 Å². The fourth-order valence-corrected chi connectivity index (χ4v) is 2.10. The molecular formula is C17H18FN3O2. The molecule has 0 aromatic heterocycles. The molecule has 0 bridgehead atoms. The van der Waals surface area contributed by atoms with E-state index in [0.717, 1.165) is 16.8 Å². The highest BCUT2D eigenvalue weighted by atomic mass is 19.1. The third kappa shape index (κ3) is 4.81. The van der Waals surface area contributed by atoms with Crippen molar-refractivity contribution in [1.82, 2.24) is 5.32 Å². The number of urea groups is 1. The summed E-state index contributed by atoms with van der Waals surface area (Å²) in [6.45, 7) is 3.56. The molecular weight excluding hydrogens is 297 g/mol. The zero-order chi connectivity index (χ0) is 16.8. The fraction of sp³-hybridized carbons (Fsp3) is 0.176. The minimum absolute atomic E-state index is 0.215. The highest BCUT2D eigenvalue weighted by Gasteiger charge is 2.09. The summed E-state index contributed by atoms with van der Waals surface area (Å²) in [5.74, 6) is -0.879. The second-order valence-corrected chi connectivity index (χ2v) is 5.13. The van der Waals surface area contributed by atoms with Gasteiger partial charge in [-0.15, -0.1) is 0 Å². The van der Waals surface area contributed by atoms with E-state index in [1.165, 1.54) is 18.2 Å². The molecule has 2 aromatic carbocycles. The van der Waals surface area contributed by atoms with Gasteiger partial charge in [-0.05, 0) is 43.2 Å². The molecule has 0 saturated heterocycles. The van der Waals surface area contributed by atoms with Gasteiger partial charge in [-0.25, -0.2) is 9.18 Å². The lowest BCUT2D eigenvalue weighted by atomic mass is 10.1. The molecule has 5 nitrogen and oxygen atoms in total. The summed E-state index contributed by atoms with van der Waals surface area (Å²) in [6.07, 6.45) is 0. The normalized spacial score (nSPS) is 10.0. The maximum atomic E-state index is 13.0. The lowest BCUT2D eigenvalue weighted by Crippen LogP contribution is -2.36. The van der Waals surface area contributed by atoms with E-state index in [2.05, 4.69) is 16.0 Å². The Morgan fingerprint density at radius 3 is 2.30 bits per heavy atom. The van der Waals surface area contributed by atoms with Crippen LogP contribution in [0.1, 0.15) is 11.1 Å². The first-order valence-electron chi connectivity index (χ1n) is 7.12. The maximum absolute atomic E-state index is 13.0. The van der Waals surface area contributed by atoms with Gasteiger partial charge in [0.25, 0.3) is 0 Å². The number of para-hydroxylation sites is 1. The molecule has 0 radical (unpaired) electrons. The molecule has 3 N–H and O–H groups in total. The predicted molar refractivity (Wildman–Crippen MR) is 88.0 cm³/mol. The van der Waals surface area contributed by atoms with Crippen LogP contribution in [0.5, 0.6) is 0 Å². The summed E-state index contributed by atoms with van der Waals surface area (Å²) in [5.41, 5.74) is 2.93. The lowest BCUT2D eigenvalue weighted by molar-refractivity contribution is -0.115. The first-order valence-corrected chi connectivity index (χ1v) is 7.12. The molecule has 0 saturated carbocycles. The van der Waals surface area contributed by atoms with E-state index in [1.54, 1.807) is 6.07 Å². The second-order valence-electron chi connectivity index (χ2n) is 5.13. The topological polar surface area (TPSA) is 70.2 Å². The Labute approximate surface area is 133 Å². The highest BCUT2D eigenvalue weighted by Crippen LogP contribution is 2.18. The van der Waals surface area contributed by atoms with Crippen molar-refractivity contribution in [2.75, 3.05) is 17.2 Å². The van der Waals surface area contributed by atoms with Gasteiger partial charge < -0.3 is 16.0 Å². The van der Waals surface area contributed by atoms with E-state index in [-0.39, 0.29) is 6.54 Å². The van der Waals surface area contributed by atoms with Gasteiger partial charge in [0.1, 0.15) is 5.82 Å². The van der Waals surface area contributed by atoms with Gasteiger partial charge in [0.2, 0.25) is 5.91 Å². The molecule has 2 aromatic rings. The predicted octanol–water partition coefficient (Wildman–Crippen LogP) is 3.20. The summed E-state index contributed by atoms with van der Waals surface area (Å²) in [4.78, 5) is 23.6. The lowest BCUT2D eigenvalue weighted by Gasteiger charge is -2.12. The Kier molecular flexibility index (Phi) is 5.30. The average molecular weight is 315 g/mol. The molecule has 120 valence electrons. The minimum Gasteiger partial charge on any atom is -0.329 e. The van der Waals surface area contributed by atoms with Crippen molar-refractivity contribution in [2.24, 2.45) is 0 Å². The van der Waals surface area contributed by atoms with Crippen LogP contribution in [0.25, 0.3) is 0 Å². The molecule has 6 heteroatoms. The van der Waals surface area contributed by atoms with E-state index >= 15 is 0 Å². The smallest absolute Gasteiger partial charge is 0.319 e. The van der Waals surface area contributed by atoms with Crippen LogP contribution < -0.4 is 16.0 Å². The molecule has 0 spiro atoms. The largest absolute Gasteiger partial charge is 0.329 e. The first kappa shape index (κ1) is 16.5. The molecule has 0 fully saturated rings. The fourth-order valence-electron chi connectivity index (χ4n) is 2.10. The van der Waals surface area contributed by atoms with Gasteiger partial charge in [-0.1, -0.05) is 24.3 Å². The van der Waals surface area contributed by atoms with E-state index in [1.807, 2.05) is 32.0 Å². The van der Waals surface area contributed by atoms with Crippen LogP contribution in [0, 0.1) is 19.7 Å². The molecule has 23 heavy (non-hydrogen) atoms.